The Kier molecular flexibility index (Phi) is 2.84. The molecule has 4 rings (SSSR count). The number of hydrogen-bond acceptors (Lipinski definition) is 4. The molecule has 1 unspecified atom stereocenters. The molecule has 22 heavy (non-hydrogen) atoms. The number of aromatic nitrogens is 1. The van der Waals surface area contributed by atoms with E-state index in [1.54, 1.807) is 12.3 Å². The Bertz CT molecular complexity index is 902. The van der Waals surface area contributed by atoms with Gasteiger partial charge in [-0.25, -0.2) is 0 Å². The summed E-state index contributed by atoms with van der Waals surface area (Å²) < 4.78 is 5.65. The zero-order chi connectivity index (χ0) is 15.1. The molecule has 1 aliphatic rings. The van der Waals surface area contributed by atoms with Crippen LogP contribution in [0.15, 0.2) is 61.0 Å². The molecular weight excluding hydrogens is 278 g/mol. The van der Waals surface area contributed by atoms with Crippen molar-refractivity contribution < 1.29 is 14.9 Å². The lowest BCUT2D eigenvalue weighted by Crippen LogP contribution is -2.11. The third kappa shape index (κ3) is 1.85. The van der Waals surface area contributed by atoms with Gasteiger partial charge in [0, 0.05) is 17.3 Å². The van der Waals surface area contributed by atoms with Crippen molar-refractivity contribution in [2.75, 3.05) is 0 Å². The van der Waals surface area contributed by atoms with Crippen molar-refractivity contribution >= 4 is 16.3 Å². The topological polar surface area (TPSA) is 62.6 Å². The number of rotatable bonds is 1. The molecule has 0 saturated carbocycles. The van der Waals surface area contributed by atoms with Gasteiger partial charge >= 0.3 is 0 Å². The standard InChI is InChI=1S/C18H13NO3/c20-14-6-3-9-19-17(14)13-10-22-15-8-7-11-4-1-2-5-12(11)16(15)18(13)21/h1-10,18,20-21H. The first kappa shape index (κ1) is 12.9. The summed E-state index contributed by atoms with van der Waals surface area (Å²) in [5.41, 5.74) is 1.47. The van der Waals surface area contributed by atoms with E-state index >= 15 is 0 Å². The number of aliphatic hydroxyl groups is 1. The Balaban J connectivity index is 1.91. The molecule has 1 atom stereocenters. The lowest BCUT2D eigenvalue weighted by atomic mass is 9.92. The summed E-state index contributed by atoms with van der Waals surface area (Å²) in [6, 6.07) is 14.8. The fraction of sp³-hybridized carbons (Fsp3) is 0.0556. The molecule has 3 aromatic rings. The van der Waals surface area contributed by atoms with Crippen LogP contribution in [0.1, 0.15) is 17.4 Å². The zero-order valence-electron chi connectivity index (χ0n) is 11.6. The molecule has 0 aliphatic carbocycles. The number of benzene rings is 2. The van der Waals surface area contributed by atoms with Crippen LogP contribution in [-0.2, 0) is 0 Å². The van der Waals surface area contributed by atoms with Crippen LogP contribution in [0.3, 0.4) is 0 Å². The highest BCUT2D eigenvalue weighted by atomic mass is 16.5. The first-order valence-electron chi connectivity index (χ1n) is 6.96. The maximum absolute atomic E-state index is 10.8. The Labute approximate surface area is 126 Å². The van der Waals surface area contributed by atoms with Crippen LogP contribution in [0.25, 0.3) is 16.3 Å². The molecule has 0 bridgehead atoms. The van der Waals surface area contributed by atoms with Gasteiger partial charge in [-0.3, -0.25) is 4.98 Å². The highest BCUT2D eigenvalue weighted by Gasteiger charge is 2.28. The van der Waals surface area contributed by atoms with Gasteiger partial charge in [-0.05, 0) is 29.0 Å². The third-order valence-corrected chi connectivity index (χ3v) is 3.87. The molecule has 0 saturated heterocycles. The number of aromatic hydroxyl groups is 1. The van der Waals surface area contributed by atoms with Gasteiger partial charge in [-0.2, -0.15) is 0 Å². The van der Waals surface area contributed by atoms with Crippen molar-refractivity contribution in [3.63, 3.8) is 0 Å². The molecule has 2 N–H and O–H groups in total. The minimum Gasteiger partial charge on any atom is -0.506 e. The molecule has 1 aliphatic heterocycles. The molecular formula is C18H13NO3. The van der Waals surface area contributed by atoms with Crippen LogP contribution in [-0.4, -0.2) is 15.2 Å². The van der Waals surface area contributed by atoms with Gasteiger partial charge in [-0.15, -0.1) is 0 Å². The summed E-state index contributed by atoms with van der Waals surface area (Å²) in [6.07, 6.45) is 2.11. The van der Waals surface area contributed by atoms with Crippen LogP contribution in [0.5, 0.6) is 11.5 Å². The summed E-state index contributed by atoms with van der Waals surface area (Å²) in [5.74, 6) is 0.630. The summed E-state index contributed by atoms with van der Waals surface area (Å²) in [5, 5.41) is 22.7. The fourth-order valence-electron chi connectivity index (χ4n) is 2.81. The Hall–Kier alpha value is -2.85. The number of hydrogen-bond donors (Lipinski definition) is 2. The second kappa shape index (κ2) is 4.86. The minimum atomic E-state index is -0.907. The third-order valence-electron chi connectivity index (χ3n) is 3.87. The molecule has 0 fully saturated rings. The van der Waals surface area contributed by atoms with Crippen molar-refractivity contribution in [1.29, 1.82) is 0 Å². The summed E-state index contributed by atoms with van der Waals surface area (Å²) in [6.45, 7) is 0. The van der Waals surface area contributed by atoms with E-state index in [0.717, 1.165) is 10.8 Å². The normalized spacial score (nSPS) is 16.8. The van der Waals surface area contributed by atoms with Crippen LogP contribution in [0.4, 0.5) is 0 Å². The van der Waals surface area contributed by atoms with Gasteiger partial charge in [-0.1, -0.05) is 30.3 Å². The number of fused-ring (bicyclic) bond motifs is 3. The highest BCUT2D eigenvalue weighted by molar-refractivity contribution is 5.91. The van der Waals surface area contributed by atoms with E-state index in [-0.39, 0.29) is 5.75 Å². The molecule has 4 nitrogen and oxygen atoms in total. The van der Waals surface area contributed by atoms with Gasteiger partial charge in [0.05, 0.1) is 6.26 Å². The van der Waals surface area contributed by atoms with Crippen LogP contribution >= 0.6 is 0 Å². The molecule has 1 aromatic heterocycles. The quantitative estimate of drug-likeness (QED) is 0.721. The highest BCUT2D eigenvalue weighted by Crippen LogP contribution is 2.43. The van der Waals surface area contributed by atoms with E-state index in [4.69, 9.17) is 4.74 Å². The number of nitrogens with zero attached hydrogens (tertiary/aromatic N) is 1. The summed E-state index contributed by atoms with van der Waals surface area (Å²) in [4.78, 5) is 4.15. The van der Waals surface area contributed by atoms with Crippen molar-refractivity contribution in [3.05, 3.63) is 72.2 Å². The monoisotopic (exact) mass is 291 g/mol. The van der Waals surface area contributed by atoms with Gasteiger partial charge in [0.25, 0.3) is 0 Å². The molecule has 0 amide bonds. The van der Waals surface area contributed by atoms with Gasteiger partial charge < -0.3 is 14.9 Å². The van der Waals surface area contributed by atoms with E-state index in [1.807, 2.05) is 36.4 Å². The molecule has 108 valence electrons. The fourth-order valence-corrected chi connectivity index (χ4v) is 2.81. The Morgan fingerprint density at radius 2 is 1.86 bits per heavy atom. The Morgan fingerprint density at radius 1 is 1.00 bits per heavy atom. The largest absolute Gasteiger partial charge is 0.506 e. The first-order valence-corrected chi connectivity index (χ1v) is 6.96. The van der Waals surface area contributed by atoms with Gasteiger partial charge in [0.1, 0.15) is 23.3 Å². The predicted molar refractivity (Wildman–Crippen MR) is 83.4 cm³/mol. The smallest absolute Gasteiger partial charge is 0.141 e. The van der Waals surface area contributed by atoms with Crippen molar-refractivity contribution in [2.24, 2.45) is 0 Å². The average molecular weight is 291 g/mol. The van der Waals surface area contributed by atoms with Crippen LogP contribution < -0.4 is 4.74 Å². The average Bonchev–Trinajstić information content (AvgIpc) is 2.56. The predicted octanol–water partition coefficient (Wildman–Crippen LogP) is 3.41. The maximum Gasteiger partial charge on any atom is 0.141 e. The maximum atomic E-state index is 10.8. The molecule has 2 aromatic carbocycles. The lowest BCUT2D eigenvalue weighted by molar-refractivity contribution is 0.225. The molecule has 2 heterocycles. The molecule has 0 spiro atoms. The van der Waals surface area contributed by atoms with E-state index < -0.39 is 6.10 Å². The van der Waals surface area contributed by atoms with E-state index in [2.05, 4.69) is 4.98 Å². The lowest BCUT2D eigenvalue weighted by Gasteiger charge is -2.24. The molecule has 4 heteroatoms. The van der Waals surface area contributed by atoms with Gasteiger partial charge in [0.15, 0.2) is 0 Å². The number of pyridine rings is 1. The Morgan fingerprint density at radius 3 is 2.73 bits per heavy atom. The first-order chi connectivity index (χ1) is 10.8. The van der Waals surface area contributed by atoms with Gasteiger partial charge in [0.2, 0.25) is 0 Å². The zero-order valence-corrected chi connectivity index (χ0v) is 11.6. The van der Waals surface area contributed by atoms with E-state index in [9.17, 15) is 10.2 Å². The van der Waals surface area contributed by atoms with Crippen molar-refractivity contribution in [2.45, 2.75) is 6.10 Å². The second-order valence-electron chi connectivity index (χ2n) is 5.16. The second-order valence-corrected chi connectivity index (χ2v) is 5.16. The summed E-state index contributed by atoms with van der Waals surface area (Å²) in [7, 11) is 0. The van der Waals surface area contributed by atoms with E-state index in [1.165, 1.54) is 12.3 Å². The minimum absolute atomic E-state index is 0.0140. The van der Waals surface area contributed by atoms with Crippen LogP contribution in [0, 0.1) is 0 Å². The van der Waals surface area contributed by atoms with Crippen LogP contribution in [0.2, 0.25) is 0 Å². The molecule has 0 radical (unpaired) electrons. The SMILES string of the molecule is Oc1cccnc1C1=COc2ccc3ccccc3c2C1O. The summed E-state index contributed by atoms with van der Waals surface area (Å²) >= 11 is 0. The van der Waals surface area contributed by atoms with Crippen molar-refractivity contribution in [1.82, 2.24) is 4.98 Å². The van der Waals surface area contributed by atoms with Crippen molar-refractivity contribution in [3.8, 4) is 11.5 Å². The number of aliphatic hydroxyl groups excluding tert-OH is 1. The van der Waals surface area contributed by atoms with E-state index in [0.29, 0.717) is 22.6 Å². The number of ether oxygens (including phenoxy) is 1.